The van der Waals surface area contributed by atoms with Gasteiger partial charge in [-0.15, -0.1) is 4.99 Å². The molecule has 0 atom stereocenters. The Morgan fingerprint density at radius 3 is 3.11 bits per heavy atom. The van der Waals surface area contributed by atoms with Crippen LogP contribution in [0.4, 0.5) is 0 Å². The Balaban J connectivity index is 2.62. The van der Waals surface area contributed by atoms with Gasteiger partial charge in [0, 0.05) is 7.05 Å². The number of nitriles is 1. The summed E-state index contributed by atoms with van der Waals surface area (Å²) >= 11 is 0. The van der Waals surface area contributed by atoms with Crippen LogP contribution in [0.5, 0.6) is 0 Å². The maximum Gasteiger partial charge on any atom is 0.302 e. The number of nitrogens with zero attached hydrogens (tertiary/aromatic N) is 3. The van der Waals surface area contributed by atoms with Crippen molar-refractivity contribution in [2.75, 3.05) is 20.2 Å². The molecule has 1 heterocycles. The first-order chi connectivity index (χ1) is 4.34. The Labute approximate surface area is 53.4 Å². The molecule has 1 saturated heterocycles. The Hall–Kier alpha value is -1.24. The van der Waals surface area contributed by atoms with E-state index < -0.39 is 0 Å². The van der Waals surface area contributed by atoms with E-state index in [-0.39, 0.29) is 0 Å². The van der Waals surface area contributed by atoms with Gasteiger partial charge in [0.1, 0.15) is 6.61 Å². The zero-order valence-electron chi connectivity index (χ0n) is 5.16. The highest BCUT2D eigenvalue weighted by molar-refractivity contribution is 5.75. The van der Waals surface area contributed by atoms with Crippen LogP contribution < -0.4 is 0 Å². The zero-order valence-corrected chi connectivity index (χ0v) is 5.16. The van der Waals surface area contributed by atoms with Crippen LogP contribution in [0.3, 0.4) is 0 Å². The second-order valence-electron chi connectivity index (χ2n) is 1.76. The molecule has 9 heavy (non-hydrogen) atoms. The Bertz CT molecular complexity index is 170. The van der Waals surface area contributed by atoms with E-state index in [9.17, 15) is 0 Å². The van der Waals surface area contributed by atoms with Crippen molar-refractivity contribution in [3.8, 4) is 6.19 Å². The predicted octanol–water partition coefficient (Wildman–Crippen LogP) is -0.215. The van der Waals surface area contributed by atoms with Crippen molar-refractivity contribution in [2.24, 2.45) is 4.99 Å². The lowest BCUT2D eigenvalue weighted by atomic mass is 10.7. The first-order valence-corrected chi connectivity index (χ1v) is 2.65. The number of likely N-dealkylation sites (N-methyl/N-ethyl adjacent to an activating group) is 1. The van der Waals surface area contributed by atoms with Crippen molar-refractivity contribution >= 4 is 6.02 Å². The van der Waals surface area contributed by atoms with Gasteiger partial charge in [0.05, 0.1) is 6.54 Å². The molecule has 0 radical (unpaired) electrons. The zero-order chi connectivity index (χ0) is 6.69. The highest BCUT2D eigenvalue weighted by Gasteiger charge is 2.14. The highest BCUT2D eigenvalue weighted by atomic mass is 16.5. The van der Waals surface area contributed by atoms with Crippen molar-refractivity contribution < 1.29 is 4.74 Å². The molecule has 4 nitrogen and oxygen atoms in total. The van der Waals surface area contributed by atoms with Gasteiger partial charge in [-0.05, 0) is 0 Å². The third kappa shape index (κ3) is 1.11. The molecule has 0 unspecified atom stereocenters. The van der Waals surface area contributed by atoms with Crippen molar-refractivity contribution in [3.63, 3.8) is 0 Å². The van der Waals surface area contributed by atoms with E-state index in [1.165, 1.54) is 0 Å². The maximum absolute atomic E-state index is 8.10. The quantitative estimate of drug-likeness (QED) is 0.421. The van der Waals surface area contributed by atoms with E-state index in [0.29, 0.717) is 12.6 Å². The van der Waals surface area contributed by atoms with Gasteiger partial charge < -0.3 is 9.64 Å². The molecule has 0 aromatic heterocycles. The molecular weight excluding hydrogens is 118 g/mol. The number of ether oxygens (including phenoxy) is 1. The van der Waals surface area contributed by atoms with Crippen LogP contribution in [0.25, 0.3) is 0 Å². The Kier molecular flexibility index (Phi) is 1.54. The first-order valence-electron chi connectivity index (χ1n) is 2.65. The summed E-state index contributed by atoms with van der Waals surface area (Å²) in [4.78, 5) is 5.23. The lowest BCUT2D eigenvalue weighted by molar-refractivity contribution is 0.352. The summed E-state index contributed by atoms with van der Waals surface area (Å²) in [6, 6.07) is 0.428. The van der Waals surface area contributed by atoms with Crippen LogP contribution in [-0.2, 0) is 4.74 Å². The van der Waals surface area contributed by atoms with Crippen LogP contribution in [-0.4, -0.2) is 31.1 Å². The van der Waals surface area contributed by atoms with E-state index in [2.05, 4.69) is 4.99 Å². The van der Waals surface area contributed by atoms with Crippen LogP contribution in [0.1, 0.15) is 0 Å². The summed E-state index contributed by atoms with van der Waals surface area (Å²) in [5.41, 5.74) is 0. The lowest BCUT2D eigenvalue weighted by Crippen LogP contribution is -2.19. The molecule has 0 N–H and O–H groups in total. The van der Waals surface area contributed by atoms with Crippen molar-refractivity contribution in [1.82, 2.24) is 4.90 Å². The van der Waals surface area contributed by atoms with Gasteiger partial charge in [0.2, 0.25) is 6.19 Å². The van der Waals surface area contributed by atoms with E-state index >= 15 is 0 Å². The molecule has 4 heteroatoms. The average molecular weight is 125 g/mol. The van der Waals surface area contributed by atoms with Crippen LogP contribution in [0.2, 0.25) is 0 Å². The molecule has 0 aliphatic carbocycles. The molecule has 1 aliphatic rings. The topological polar surface area (TPSA) is 48.6 Å². The van der Waals surface area contributed by atoms with Crippen molar-refractivity contribution in [2.45, 2.75) is 0 Å². The number of amidine groups is 1. The van der Waals surface area contributed by atoms with E-state index in [1.807, 2.05) is 7.05 Å². The van der Waals surface area contributed by atoms with Crippen LogP contribution >= 0.6 is 0 Å². The molecule has 0 saturated carbocycles. The van der Waals surface area contributed by atoms with E-state index in [4.69, 9.17) is 10.00 Å². The maximum atomic E-state index is 8.10. The molecule has 0 aromatic rings. The fraction of sp³-hybridized carbons (Fsp3) is 0.600. The van der Waals surface area contributed by atoms with Gasteiger partial charge >= 0.3 is 6.02 Å². The fourth-order valence-corrected chi connectivity index (χ4v) is 0.640. The first kappa shape index (κ1) is 5.89. The van der Waals surface area contributed by atoms with Gasteiger partial charge in [-0.3, -0.25) is 0 Å². The van der Waals surface area contributed by atoms with Crippen molar-refractivity contribution in [3.05, 3.63) is 0 Å². The second kappa shape index (κ2) is 2.35. The SMILES string of the molecule is CN1CCOC1=NC#N. The smallest absolute Gasteiger partial charge is 0.302 e. The third-order valence-corrected chi connectivity index (χ3v) is 1.13. The largest absolute Gasteiger partial charge is 0.463 e. The molecule has 1 rings (SSSR count). The molecule has 0 amide bonds. The monoisotopic (exact) mass is 125 g/mol. The number of rotatable bonds is 0. The molecule has 48 valence electrons. The lowest BCUT2D eigenvalue weighted by Gasteiger charge is -2.03. The minimum Gasteiger partial charge on any atom is -0.463 e. The van der Waals surface area contributed by atoms with Gasteiger partial charge in [-0.25, -0.2) is 0 Å². The number of aliphatic imine (C=N–C) groups is 1. The fourth-order valence-electron chi connectivity index (χ4n) is 0.640. The van der Waals surface area contributed by atoms with Gasteiger partial charge in [0.25, 0.3) is 0 Å². The summed E-state index contributed by atoms with van der Waals surface area (Å²) in [6.45, 7) is 1.46. The normalized spacial score (nSPS) is 21.8. The average Bonchev–Trinajstić information content (AvgIpc) is 2.18. The summed E-state index contributed by atoms with van der Waals surface area (Å²) in [7, 11) is 1.84. The van der Waals surface area contributed by atoms with Gasteiger partial charge in [0.15, 0.2) is 0 Å². The third-order valence-electron chi connectivity index (χ3n) is 1.13. The Morgan fingerprint density at radius 1 is 1.89 bits per heavy atom. The van der Waals surface area contributed by atoms with Crippen LogP contribution in [0, 0.1) is 11.5 Å². The van der Waals surface area contributed by atoms with Crippen LogP contribution in [0.15, 0.2) is 4.99 Å². The molecule has 0 aromatic carbocycles. The molecule has 1 aliphatic heterocycles. The molecule has 0 bridgehead atoms. The van der Waals surface area contributed by atoms with E-state index in [1.54, 1.807) is 11.1 Å². The Morgan fingerprint density at radius 2 is 2.67 bits per heavy atom. The summed E-state index contributed by atoms with van der Waals surface area (Å²) in [5, 5.41) is 8.10. The highest BCUT2D eigenvalue weighted by Crippen LogP contribution is 1.98. The number of hydrogen-bond donors (Lipinski definition) is 0. The standard InChI is InChI=1S/C5H7N3O/c1-8-2-3-9-5(8)7-4-6/h2-3H2,1H3. The predicted molar refractivity (Wildman–Crippen MR) is 31.6 cm³/mol. The summed E-state index contributed by atoms with van der Waals surface area (Å²) < 4.78 is 4.96. The van der Waals surface area contributed by atoms with Crippen molar-refractivity contribution in [1.29, 1.82) is 5.26 Å². The minimum atomic E-state index is 0.428. The van der Waals surface area contributed by atoms with Gasteiger partial charge in [-0.2, -0.15) is 5.26 Å². The second-order valence-corrected chi connectivity index (χ2v) is 1.76. The minimum absolute atomic E-state index is 0.428. The van der Waals surface area contributed by atoms with Gasteiger partial charge in [-0.1, -0.05) is 0 Å². The summed E-state index contributed by atoms with van der Waals surface area (Å²) in [6.07, 6.45) is 1.66. The molecular formula is C5H7N3O. The van der Waals surface area contributed by atoms with E-state index in [0.717, 1.165) is 6.54 Å². The summed E-state index contributed by atoms with van der Waals surface area (Å²) in [5.74, 6) is 0. The molecule has 0 spiro atoms. The number of hydrogen-bond acceptors (Lipinski definition) is 3. The molecule has 1 fully saturated rings.